The predicted octanol–water partition coefficient (Wildman–Crippen LogP) is 4.56. The van der Waals surface area contributed by atoms with Crippen LogP contribution in [0.5, 0.6) is 0 Å². The van der Waals surface area contributed by atoms with E-state index in [0.717, 1.165) is 24.2 Å². The molecule has 0 spiro atoms. The first kappa shape index (κ1) is 13.4. The Morgan fingerprint density at radius 2 is 1.90 bits per heavy atom. The first-order valence-corrected chi connectivity index (χ1v) is 8.88. The number of aliphatic hydroxyl groups excluding tert-OH is 1. The van der Waals surface area contributed by atoms with Gasteiger partial charge in [0.15, 0.2) is 0 Å². The highest BCUT2D eigenvalue weighted by atomic mass is 16.3. The molecule has 0 saturated heterocycles. The van der Waals surface area contributed by atoms with Gasteiger partial charge >= 0.3 is 0 Å². The minimum Gasteiger partial charge on any atom is -0.393 e. The van der Waals surface area contributed by atoms with Gasteiger partial charge in [-0.05, 0) is 79.4 Å². The van der Waals surface area contributed by atoms with Crippen molar-refractivity contribution in [1.29, 1.82) is 0 Å². The van der Waals surface area contributed by atoms with Crippen LogP contribution in [0.2, 0.25) is 0 Å². The fourth-order valence-corrected chi connectivity index (χ4v) is 6.79. The molecule has 112 valence electrons. The van der Waals surface area contributed by atoms with Gasteiger partial charge in [0.25, 0.3) is 0 Å². The Balaban J connectivity index is 1.71. The SMILES string of the molecule is C[C@@]12CCC[C@H]1[C@@H]1[C@H](O)CC3CC=CC[C@]3(C)[C@H]1CC2. The van der Waals surface area contributed by atoms with Crippen molar-refractivity contribution >= 4 is 0 Å². The molecule has 1 nitrogen and oxygen atoms in total. The van der Waals surface area contributed by atoms with Crippen molar-refractivity contribution in [3.8, 4) is 0 Å². The van der Waals surface area contributed by atoms with E-state index in [0.29, 0.717) is 16.7 Å². The Labute approximate surface area is 123 Å². The Morgan fingerprint density at radius 1 is 1.05 bits per heavy atom. The summed E-state index contributed by atoms with van der Waals surface area (Å²) in [5, 5.41) is 10.9. The summed E-state index contributed by atoms with van der Waals surface area (Å²) in [5.74, 6) is 2.91. The number of hydrogen-bond donors (Lipinski definition) is 1. The summed E-state index contributed by atoms with van der Waals surface area (Å²) in [6.07, 6.45) is 15.3. The fraction of sp³-hybridized carbons (Fsp3) is 0.895. The van der Waals surface area contributed by atoms with Gasteiger partial charge in [-0.2, -0.15) is 0 Å². The number of rotatable bonds is 0. The summed E-state index contributed by atoms with van der Waals surface area (Å²) in [6, 6.07) is 0. The third kappa shape index (κ3) is 1.65. The van der Waals surface area contributed by atoms with E-state index in [9.17, 15) is 5.11 Å². The van der Waals surface area contributed by atoms with Crippen molar-refractivity contribution in [1.82, 2.24) is 0 Å². The lowest BCUT2D eigenvalue weighted by molar-refractivity contribution is -0.146. The molecule has 4 aliphatic carbocycles. The van der Waals surface area contributed by atoms with E-state index in [1.165, 1.54) is 44.9 Å². The molecular formula is C19H30O. The van der Waals surface area contributed by atoms with Crippen LogP contribution >= 0.6 is 0 Å². The summed E-state index contributed by atoms with van der Waals surface area (Å²) in [7, 11) is 0. The van der Waals surface area contributed by atoms with Gasteiger partial charge < -0.3 is 5.11 Å². The van der Waals surface area contributed by atoms with Crippen molar-refractivity contribution in [2.75, 3.05) is 0 Å². The summed E-state index contributed by atoms with van der Waals surface area (Å²) in [6.45, 7) is 5.06. The monoisotopic (exact) mass is 274 g/mol. The lowest BCUT2D eigenvalue weighted by Gasteiger charge is -2.60. The van der Waals surface area contributed by atoms with E-state index in [-0.39, 0.29) is 6.10 Å². The number of fused-ring (bicyclic) bond motifs is 5. The molecule has 7 atom stereocenters. The van der Waals surface area contributed by atoms with E-state index in [2.05, 4.69) is 26.0 Å². The quantitative estimate of drug-likeness (QED) is 0.642. The molecular weight excluding hydrogens is 244 g/mol. The first-order valence-electron chi connectivity index (χ1n) is 8.88. The molecule has 4 aliphatic rings. The van der Waals surface area contributed by atoms with Gasteiger partial charge in [0.2, 0.25) is 0 Å². The van der Waals surface area contributed by atoms with Crippen molar-refractivity contribution in [2.45, 2.75) is 71.3 Å². The molecule has 0 heterocycles. The summed E-state index contributed by atoms with van der Waals surface area (Å²) in [4.78, 5) is 0. The maximum atomic E-state index is 10.9. The third-order valence-corrected chi connectivity index (χ3v) is 8.01. The zero-order valence-electron chi connectivity index (χ0n) is 13.1. The zero-order valence-corrected chi connectivity index (χ0v) is 13.1. The van der Waals surface area contributed by atoms with Gasteiger partial charge in [-0.25, -0.2) is 0 Å². The minimum absolute atomic E-state index is 0.0210. The summed E-state index contributed by atoms with van der Waals surface area (Å²) >= 11 is 0. The maximum Gasteiger partial charge on any atom is 0.0577 e. The van der Waals surface area contributed by atoms with Crippen LogP contribution in [0.4, 0.5) is 0 Å². The van der Waals surface area contributed by atoms with Gasteiger partial charge in [-0.15, -0.1) is 0 Å². The van der Waals surface area contributed by atoms with Gasteiger partial charge in [-0.3, -0.25) is 0 Å². The van der Waals surface area contributed by atoms with Crippen LogP contribution in [0.3, 0.4) is 0 Å². The number of hydrogen-bond acceptors (Lipinski definition) is 1. The van der Waals surface area contributed by atoms with Crippen molar-refractivity contribution in [2.24, 2.45) is 34.5 Å². The predicted molar refractivity (Wildman–Crippen MR) is 82.3 cm³/mol. The van der Waals surface area contributed by atoms with Gasteiger partial charge in [0.1, 0.15) is 0 Å². The average Bonchev–Trinajstić information content (AvgIpc) is 2.81. The number of allylic oxidation sites excluding steroid dienone is 2. The second-order valence-corrected chi connectivity index (χ2v) is 8.79. The molecule has 3 saturated carbocycles. The van der Waals surface area contributed by atoms with E-state index in [1.807, 2.05) is 0 Å². The lowest BCUT2D eigenvalue weighted by atomic mass is 9.45. The van der Waals surface area contributed by atoms with Crippen LogP contribution in [0, 0.1) is 34.5 Å². The first-order chi connectivity index (χ1) is 9.55. The molecule has 20 heavy (non-hydrogen) atoms. The molecule has 0 bridgehead atoms. The topological polar surface area (TPSA) is 20.2 Å². The van der Waals surface area contributed by atoms with Crippen LogP contribution in [0.1, 0.15) is 65.2 Å². The molecule has 0 aromatic heterocycles. The molecule has 0 radical (unpaired) electrons. The van der Waals surface area contributed by atoms with Crippen molar-refractivity contribution in [3.05, 3.63) is 12.2 Å². The van der Waals surface area contributed by atoms with E-state index in [1.54, 1.807) is 0 Å². The largest absolute Gasteiger partial charge is 0.393 e. The Morgan fingerprint density at radius 3 is 2.75 bits per heavy atom. The highest BCUT2D eigenvalue weighted by molar-refractivity contribution is 5.12. The second-order valence-electron chi connectivity index (χ2n) is 8.79. The molecule has 1 unspecified atom stereocenters. The Kier molecular flexibility index (Phi) is 2.91. The molecule has 4 rings (SSSR count). The van der Waals surface area contributed by atoms with E-state index >= 15 is 0 Å². The molecule has 3 fully saturated rings. The third-order valence-electron chi connectivity index (χ3n) is 8.01. The maximum absolute atomic E-state index is 10.9. The van der Waals surface area contributed by atoms with Crippen LogP contribution in [0.15, 0.2) is 12.2 Å². The molecule has 0 amide bonds. The van der Waals surface area contributed by atoms with Crippen LogP contribution in [-0.2, 0) is 0 Å². The van der Waals surface area contributed by atoms with Gasteiger partial charge in [0, 0.05) is 0 Å². The van der Waals surface area contributed by atoms with E-state index < -0.39 is 0 Å². The molecule has 1 heteroatoms. The summed E-state index contributed by atoms with van der Waals surface area (Å²) < 4.78 is 0. The van der Waals surface area contributed by atoms with Crippen LogP contribution in [-0.4, -0.2) is 11.2 Å². The molecule has 0 aromatic carbocycles. The molecule has 1 N–H and O–H groups in total. The van der Waals surface area contributed by atoms with Crippen LogP contribution in [0.25, 0.3) is 0 Å². The lowest BCUT2D eigenvalue weighted by Crippen LogP contribution is -2.56. The second kappa shape index (κ2) is 4.35. The molecule has 0 aliphatic heterocycles. The highest BCUT2D eigenvalue weighted by Gasteiger charge is 2.59. The standard InChI is InChI=1S/C19H30O/c1-18-9-5-7-14(18)17-15(8-11-18)19(2)10-4-3-6-13(19)12-16(17)20/h3-4,13-17,20H,5-12H2,1-2H3/t13?,14-,15-,16+,17-,18-,19-/m0/s1. The Bertz CT molecular complexity index is 427. The fourth-order valence-electron chi connectivity index (χ4n) is 6.79. The van der Waals surface area contributed by atoms with Gasteiger partial charge in [0.05, 0.1) is 6.10 Å². The zero-order chi connectivity index (χ0) is 14.0. The summed E-state index contributed by atoms with van der Waals surface area (Å²) in [5.41, 5.74) is 1.03. The van der Waals surface area contributed by atoms with E-state index in [4.69, 9.17) is 0 Å². The van der Waals surface area contributed by atoms with Gasteiger partial charge in [-0.1, -0.05) is 32.4 Å². The van der Waals surface area contributed by atoms with Crippen LogP contribution < -0.4 is 0 Å². The average molecular weight is 274 g/mol. The Hall–Kier alpha value is -0.300. The normalized spacial score (nSPS) is 57.9. The van der Waals surface area contributed by atoms with Crippen molar-refractivity contribution < 1.29 is 5.11 Å². The minimum atomic E-state index is -0.0210. The smallest absolute Gasteiger partial charge is 0.0577 e. The molecule has 0 aromatic rings. The van der Waals surface area contributed by atoms with Crippen molar-refractivity contribution in [3.63, 3.8) is 0 Å². The number of aliphatic hydroxyl groups is 1. The highest BCUT2D eigenvalue weighted by Crippen LogP contribution is 2.65.